The number of carbonyl (C=O) groups is 1. The van der Waals surface area contributed by atoms with Crippen LogP contribution in [0.1, 0.15) is 59.3 Å². The first-order valence-electron chi connectivity index (χ1n) is 7.76. The molecule has 112 valence electrons. The first-order valence-corrected chi connectivity index (χ1v) is 7.76. The molecular weight excluding hydrogens is 240 g/mol. The Balaban J connectivity index is 2.52. The van der Waals surface area contributed by atoms with Crippen LogP contribution in [0.2, 0.25) is 0 Å². The van der Waals surface area contributed by atoms with E-state index in [1.165, 1.54) is 25.7 Å². The Hall–Kier alpha value is -0.610. The number of carboxylic acid groups (broad SMARTS) is 1. The number of hydrogen-bond donors (Lipinski definition) is 2. The minimum Gasteiger partial charge on any atom is -0.480 e. The second-order valence-corrected chi connectivity index (χ2v) is 5.91. The summed E-state index contributed by atoms with van der Waals surface area (Å²) in [6.45, 7) is 8.89. The van der Waals surface area contributed by atoms with Crippen LogP contribution in [0, 0.1) is 0 Å². The lowest BCUT2D eigenvalue weighted by Crippen LogP contribution is -2.52. The van der Waals surface area contributed by atoms with Gasteiger partial charge in [0.05, 0.1) is 0 Å². The summed E-state index contributed by atoms with van der Waals surface area (Å²) >= 11 is 0. The highest BCUT2D eigenvalue weighted by atomic mass is 16.4. The molecule has 2 atom stereocenters. The second-order valence-electron chi connectivity index (χ2n) is 5.91. The van der Waals surface area contributed by atoms with Gasteiger partial charge in [-0.25, -0.2) is 0 Å². The van der Waals surface area contributed by atoms with E-state index >= 15 is 0 Å². The summed E-state index contributed by atoms with van der Waals surface area (Å²) in [6.07, 6.45) is 6.65. The van der Waals surface area contributed by atoms with E-state index in [0.29, 0.717) is 12.5 Å². The predicted octanol–water partition coefficient (Wildman–Crippen LogP) is 2.48. The van der Waals surface area contributed by atoms with E-state index in [1.54, 1.807) is 0 Å². The van der Waals surface area contributed by atoms with Crippen molar-refractivity contribution in [1.82, 2.24) is 10.2 Å². The van der Waals surface area contributed by atoms with Crippen molar-refractivity contribution in [3.05, 3.63) is 0 Å². The zero-order valence-electron chi connectivity index (χ0n) is 12.7. The molecule has 0 amide bonds. The van der Waals surface area contributed by atoms with Gasteiger partial charge in [-0.3, -0.25) is 4.79 Å². The molecule has 0 aromatic rings. The van der Waals surface area contributed by atoms with Gasteiger partial charge in [0.2, 0.25) is 0 Å². The van der Waals surface area contributed by atoms with Crippen molar-refractivity contribution in [3.63, 3.8) is 0 Å². The Morgan fingerprint density at radius 1 is 1.42 bits per heavy atom. The van der Waals surface area contributed by atoms with Crippen LogP contribution in [0.25, 0.3) is 0 Å². The standard InChI is InChI=1S/C15H30N2O2/c1-4-10-16-15(3,14(18)19)9-12-17-11-7-6-8-13(17)5-2/h13,16H,4-12H2,1-3H3,(H,18,19). The lowest BCUT2D eigenvalue weighted by Gasteiger charge is -2.37. The number of carboxylic acids is 1. The van der Waals surface area contributed by atoms with Gasteiger partial charge in [-0.15, -0.1) is 0 Å². The maximum atomic E-state index is 11.5. The van der Waals surface area contributed by atoms with Crippen LogP contribution in [-0.2, 0) is 4.79 Å². The highest BCUT2D eigenvalue weighted by Crippen LogP contribution is 2.21. The third-order valence-corrected chi connectivity index (χ3v) is 4.36. The molecule has 0 radical (unpaired) electrons. The van der Waals surface area contributed by atoms with Crippen LogP contribution in [0.15, 0.2) is 0 Å². The van der Waals surface area contributed by atoms with Gasteiger partial charge in [-0.1, -0.05) is 20.3 Å². The zero-order valence-corrected chi connectivity index (χ0v) is 12.7. The molecule has 0 spiro atoms. The summed E-state index contributed by atoms with van der Waals surface area (Å²) in [4.78, 5) is 14.0. The van der Waals surface area contributed by atoms with E-state index in [9.17, 15) is 9.90 Å². The maximum absolute atomic E-state index is 11.5. The van der Waals surface area contributed by atoms with Crippen molar-refractivity contribution >= 4 is 5.97 Å². The van der Waals surface area contributed by atoms with Gasteiger partial charge in [-0.2, -0.15) is 0 Å². The molecular formula is C15H30N2O2. The fourth-order valence-electron chi connectivity index (χ4n) is 2.86. The maximum Gasteiger partial charge on any atom is 0.323 e. The van der Waals surface area contributed by atoms with Gasteiger partial charge in [0.25, 0.3) is 0 Å². The molecule has 0 aliphatic carbocycles. The molecule has 1 fully saturated rings. The van der Waals surface area contributed by atoms with Gasteiger partial charge < -0.3 is 15.3 Å². The second kappa shape index (κ2) is 7.85. The van der Waals surface area contributed by atoms with E-state index in [4.69, 9.17) is 0 Å². The fourth-order valence-corrected chi connectivity index (χ4v) is 2.86. The van der Waals surface area contributed by atoms with Gasteiger partial charge >= 0.3 is 5.97 Å². The number of nitrogens with zero attached hydrogens (tertiary/aromatic N) is 1. The summed E-state index contributed by atoms with van der Waals surface area (Å²) in [5.41, 5.74) is -0.786. The molecule has 1 heterocycles. The van der Waals surface area contributed by atoms with Crippen molar-refractivity contribution in [2.75, 3.05) is 19.6 Å². The van der Waals surface area contributed by atoms with Crippen LogP contribution < -0.4 is 5.32 Å². The molecule has 0 bridgehead atoms. The van der Waals surface area contributed by atoms with Crippen molar-refractivity contribution in [2.45, 2.75) is 70.9 Å². The number of rotatable bonds is 8. The molecule has 2 N–H and O–H groups in total. The minimum atomic E-state index is -0.786. The SMILES string of the molecule is CCCNC(C)(CCN1CCCCC1CC)C(=O)O. The quantitative estimate of drug-likeness (QED) is 0.711. The molecule has 1 rings (SSSR count). The van der Waals surface area contributed by atoms with Crippen molar-refractivity contribution < 1.29 is 9.90 Å². The molecule has 1 aliphatic rings. The van der Waals surface area contributed by atoms with Crippen LogP contribution in [0.5, 0.6) is 0 Å². The molecule has 4 heteroatoms. The normalized spacial score (nSPS) is 24.1. The summed E-state index contributed by atoms with van der Waals surface area (Å²) in [5.74, 6) is -0.731. The zero-order chi connectivity index (χ0) is 14.3. The lowest BCUT2D eigenvalue weighted by atomic mass is 9.94. The first kappa shape index (κ1) is 16.4. The lowest BCUT2D eigenvalue weighted by molar-refractivity contribution is -0.144. The summed E-state index contributed by atoms with van der Waals surface area (Å²) < 4.78 is 0. The van der Waals surface area contributed by atoms with Crippen LogP contribution in [0.3, 0.4) is 0 Å². The summed E-state index contributed by atoms with van der Waals surface area (Å²) in [5, 5.41) is 12.6. The number of likely N-dealkylation sites (tertiary alicyclic amines) is 1. The molecule has 19 heavy (non-hydrogen) atoms. The molecule has 0 saturated carbocycles. The third-order valence-electron chi connectivity index (χ3n) is 4.36. The monoisotopic (exact) mass is 270 g/mol. The average Bonchev–Trinajstić information content (AvgIpc) is 2.43. The summed E-state index contributed by atoms with van der Waals surface area (Å²) in [6, 6.07) is 0.651. The Bertz CT molecular complexity index is 283. The predicted molar refractivity (Wildman–Crippen MR) is 78.5 cm³/mol. The van der Waals surface area contributed by atoms with Crippen molar-refractivity contribution in [1.29, 1.82) is 0 Å². The number of nitrogens with one attached hydrogen (secondary N) is 1. The number of hydrogen-bond acceptors (Lipinski definition) is 3. The van der Waals surface area contributed by atoms with E-state index in [2.05, 4.69) is 24.1 Å². The minimum absolute atomic E-state index is 0.651. The molecule has 4 nitrogen and oxygen atoms in total. The van der Waals surface area contributed by atoms with Gasteiger partial charge in [-0.05, 0) is 52.1 Å². The first-order chi connectivity index (χ1) is 9.03. The number of piperidine rings is 1. The largest absolute Gasteiger partial charge is 0.480 e. The van der Waals surface area contributed by atoms with Crippen LogP contribution >= 0.6 is 0 Å². The van der Waals surface area contributed by atoms with Crippen LogP contribution in [-0.4, -0.2) is 47.2 Å². The van der Waals surface area contributed by atoms with E-state index in [0.717, 1.165) is 26.1 Å². The van der Waals surface area contributed by atoms with Crippen molar-refractivity contribution in [3.8, 4) is 0 Å². The third kappa shape index (κ3) is 4.77. The van der Waals surface area contributed by atoms with Gasteiger partial charge in [0.1, 0.15) is 5.54 Å². The summed E-state index contributed by atoms with van der Waals surface area (Å²) in [7, 11) is 0. The Labute approximate surface area is 117 Å². The molecule has 0 aromatic carbocycles. The van der Waals surface area contributed by atoms with E-state index in [-0.39, 0.29) is 0 Å². The number of aliphatic carboxylic acids is 1. The fraction of sp³-hybridized carbons (Fsp3) is 0.933. The Kier molecular flexibility index (Phi) is 6.80. The van der Waals surface area contributed by atoms with E-state index in [1.807, 2.05) is 6.92 Å². The Morgan fingerprint density at radius 3 is 2.74 bits per heavy atom. The molecule has 0 aromatic heterocycles. The van der Waals surface area contributed by atoms with E-state index < -0.39 is 11.5 Å². The smallest absolute Gasteiger partial charge is 0.323 e. The van der Waals surface area contributed by atoms with Crippen LogP contribution in [0.4, 0.5) is 0 Å². The van der Waals surface area contributed by atoms with Gasteiger partial charge in [0.15, 0.2) is 0 Å². The molecule has 1 saturated heterocycles. The molecule has 1 aliphatic heterocycles. The highest BCUT2D eigenvalue weighted by molar-refractivity contribution is 5.78. The Morgan fingerprint density at radius 2 is 2.16 bits per heavy atom. The van der Waals surface area contributed by atoms with Crippen molar-refractivity contribution in [2.24, 2.45) is 0 Å². The topological polar surface area (TPSA) is 52.6 Å². The highest BCUT2D eigenvalue weighted by Gasteiger charge is 2.33. The average molecular weight is 270 g/mol. The van der Waals surface area contributed by atoms with Gasteiger partial charge in [0, 0.05) is 12.6 Å². The molecule has 2 unspecified atom stereocenters.